The van der Waals surface area contributed by atoms with Crippen LogP contribution in [0.3, 0.4) is 0 Å². The summed E-state index contributed by atoms with van der Waals surface area (Å²) in [6.07, 6.45) is 5.51. The van der Waals surface area contributed by atoms with Crippen LogP contribution < -0.4 is 0 Å². The van der Waals surface area contributed by atoms with Crippen molar-refractivity contribution < 1.29 is 4.42 Å². The fourth-order valence-electron chi connectivity index (χ4n) is 9.37. The number of hydrogen-bond acceptors (Lipinski definition) is 5. The van der Waals surface area contributed by atoms with Crippen molar-refractivity contribution in [3.05, 3.63) is 207 Å². The van der Waals surface area contributed by atoms with Gasteiger partial charge in [-0.25, -0.2) is 15.0 Å². The van der Waals surface area contributed by atoms with E-state index in [0.717, 1.165) is 111 Å². The van der Waals surface area contributed by atoms with Crippen LogP contribution in [0.4, 0.5) is 0 Å². The molecule has 6 aromatic heterocycles. The summed E-state index contributed by atoms with van der Waals surface area (Å²) in [4.78, 5) is 19.6. The van der Waals surface area contributed by atoms with Gasteiger partial charge in [-0.3, -0.25) is 4.98 Å². The number of pyridine rings is 2. The Hall–Kier alpha value is -8.68. The minimum Gasteiger partial charge on any atom is -0.456 e. The highest BCUT2D eigenvalue weighted by Crippen LogP contribution is 2.39. The van der Waals surface area contributed by atoms with Crippen molar-refractivity contribution >= 4 is 65.6 Å². The molecule has 0 aliphatic heterocycles. The van der Waals surface area contributed by atoms with Gasteiger partial charge in [0.25, 0.3) is 0 Å². The maximum absolute atomic E-state index is 6.14. The Morgan fingerprint density at radius 3 is 1.63 bits per heavy atom. The number of furan rings is 1. The Morgan fingerprint density at radius 2 is 0.937 bits per heavy atom. The molecule has 0 spiro atoms. The summed E-state index contributed by atoms with van der Waals surface area (Å²) in [7, 11) is 0. The van der Waals surface area contributed by atoms with Gasteiger partial charge in [-0.2, -0.15) is 0 Å². The zero-order valence-corrected chi connectivity index (χ0v) is 33.7. The van der Waals surface area contributed by atoms with Crippen molar-refractivity contribution in [1.29, 1.82) is 0 Å². The van der Waals surface area contributed by atoms with Gasteiger partial charge in [-0.15, -0.1) is 0 Å². The molecule has 0 saturated carbocycles. The molecule has 7 aromatic carbocycles. The molecule has 0 aliphatic carbocycles. The molecule has 13 rings (SSSR count). The van der Waals surface area contributed by atoms with E-state index in [9.17, 15) is 0 Å². The molecule has 0 radical (unpaired) electrons. The number of para-hydroxylation sites is 2. The molecule has 7 nitrogen and oxygen atoms in total. The molecule has 13 aromatic rings. The van der Waals surface area contributed by atoms with Crippen LogP contribution in [0.15, 0.2) is 211 Å². The van der Waals surface area contributed by atoms with Gasteiger partial charge in [-0.05, 0) is 84.9 Å². The lowest BCUT2D eigenvalue weighted by Gasteiger charge is -2.13. The van der Waals surface area contributed by atoms with Crippen LogP contribution in [0.5, 0.6) is 0 Å². The van der Waals surface area contributed by atoms with E-state index in [1.54, 1.807) is 6.20 Å². The third-order valence-corrected chi connectivity index (χ3v) is 12.3. The summed E-state index contributed by atoms with van der Waals surface area (Å²) in [6, 6.07) is 65.9. The molecule has 0 amide bonds. The smallest absolute Gasteiger partial charge is 0.159 e. The van der Waals surface area contributed by atoms with Gasteiger partial charge in [0, 0.05) is 78.8 Å². The van der Waals surface area contributed by atoms with E-state index < -0.39 is 0 Å². The molecule has 0 aliphatic rings. The van der Waals surface area contributed by atoms with E-state index in [-0.39, 0.29) is 0 Å². The minimum atomic E-state index is 0.672. The number of benzene rings is 7. The van der Waals surface area contributed by atoms with Crippen molar-refractivity contribution in [2.24, 2.45) is 0 Å². The standard InChI is InChI=1S/C56H34N6O/c1-3-11-35(12-4-1)48-32-40(33-49(59-48)36-13-5-2-6-14-36)62-51-18-10-8-16-42(51)44-30-38(20-23-53(44)62)56-58-28-25-47(60-56)37-19-22-52-43(29-37)41-15-7-9-17-50(41)61(52)39-21-24-54-45(31-39)46-34-57-27-26-55(46)63-54/h1-34H. The predicted octanol–water partition coefficient (Wildman–Crippen LogP) is 14.0. The molecule has 0 N–H and O–H groups in total. The second kappa shape index (κ2) is 13.9. The lowest BCUT2D eigenvalue weighted by Crippen LogP contribution is -1.98. The number of aromatic nitrogens is 6. The highest BCUT2D eigenvalue weighted by molar-refractivity contribution is 6.12. The third kappa shape index (κ3) is 5.67. The first-order chi connectivity index (χ1) is 31.2. The van der Waals surface area contributed by atoms with E-state index in [1.165, 1.54) is 5.39 Å². The average Bonchev–Trinajstić information content (AvgIpc) is 4.01. The SMILES string of the molecule is c1ccc(-c2cc(-n3c4ccccc4c4cc(-c5nccc(-c6ccc7c(c6)c6ccccc6n7-c6ccc7oc8ccncc8c7c6)n5)ccc43)cc(-c3ccccc3)n2)cc1. The van der Waals surface area contributed by atoms with Crippen LogP contribution in [0.1, 0.15) is 0 Å². The van der Waals surface area contributed by atoms with E-state index in [1.807, 2.05) is 36.7 Å². The fourth-order valence-corrected chi connectivity index (χ4v) is 9.37. The molecule has 0 unspecified atom stereocenters. The van der Waals surface area contributed by atoms with Crippen LogP contribution in [0.25, 0.3) is 122 Å². The Balaban J connectivity index is 0.920. The van der Waals surface area contributed by atoms with Gasteiger partial charge in [0.15, 0.2) is 5.82 Å². The molecule has 294 valence electrons. The fraction of sp³-hybridized carbons (Fsp3) is 0. The summed E-state index contributed by atoms with van der Waals surface area (Å²) in [5, 5.41) is 6.65. The zero-order chi connectivity index (χ0) is 41.4. The van der Waals surface area contributed by atoms with Crippen molar-refractivity contribution in [2.45, 2.75) is 0 Å². The molecule has 6 heterocycles. The van der Waals surface area contributed by atoms with Gasteiger partial charge in [-0.1, -0.05) is 103 Å². The van der Waals surface area contributed by atoms with Crippen molar-refractivity contribution in [1.82, 2.24) is 29.1 Å². The van der Waals surface area contributed by atoms with Crippen LogP contribution in [-0.2, 0) is 0 Å². The summed E-state index contributed by atoms with van der Waals surface area (Å²) in [5.41, 5.74) is 15.1. The summed E-state index contributed by atoms with van der Waals surface area (Å²) < 4.78 is 10.8. The van der Waals surface area contributed by atoms with Crippen LogP contribution in [-0.4, -0.2) is 29.1 Å². The Bertz CT molecular complexity index is 3860. The lowest BCUT2D eigenvalue weighted by molar-refractivity contribution is 0.668. The maximum Gasteiger partial charge on any atom is 0.159 e. The van der Waals surface area contributed by atoms with Crippen molar-refractivity contribution in [3.8, 4) is 56.5 Å². The number of rotatable bonds is 6. The maximum atomic E-state index is 6.14. The van der Waals surface area contributed by atoms with Gasteiger partial charge in [0.05, 0.1) is 44.8 Å². The van der Waals surface area contributed by atoms with Crippen molar-refractivity contribution in [2.75, 3.05) is 0 Å². The Morgan fingerprint density at radius 1 is 0.349 bits per heavy atom. The predicted molar refractivity (Wildman–Crippen MR) is 255 cm³/mol. The molecular weight excluding hydrogens is 773 g/mol. The van der Waals surface area contributed by atoms with Gasteiger partial charge >= 0.3 is 0 Å². The summed E-state index contributed by atoms with van der Waals surface area (Å²) in [5.74, 6) is 0.672. The molecule has 0 saturated heterocycles. The third-order valence-electron chi connectivity index (χ3n) is 12.3. The Kier molecular flexibility index (Phi) is 7.77. The highest BCUT2D eigenvalue weighted by atomic mass is 16.3. The van der Waals surface area contributed by atoms with E-state index in [2.05, 4.69) is 178 Å². The average molecular weight is 807 g/mol. The molecule has 7 heteroatoms. The molecular formula is C56H34N6O. The molecule has 0 fully saturated rings. The summed E-state index contributed by atoms with van der Waals surface area (Å²) >= 11 is 0. The monoisotopic (exact) mass is 806 g/mol. The first-order valence-corrected chi connectivity index (χ1v) is 21.0. The van der Waals surface area contributed by atoms with Crippen molar-refractivity contribution in [3.63, 3.8) is 0 Å². The molecule has 63 heavy (non-hydrogen) atoms. The minimum absolute atomic E-state index is 0.672. The molecule has 0 bridgehead atoms. The number of nitrogens with zero attached hydrogens (tertiary/aromatic N) is 6. The topological polar surface area (TPSA) is 74.6 Å². The number of fused-ring (bicyclic) bond motifs is 9. The summed E-state index contributed by atoms with van der Waals surface area (Å²) in [6.45, 7) is 0. The van der Waals surface area contributed by atoms with Crippen LogP contribution in [0, 0.1) is 0 Å². The van der Waals surface area contributed by atoms with E-state index in [0.29, 0.717) is 5.82 Å². The van der Waals surface area contributed by atoms with Gasteiger partial charge in [0.2, 0.25) is 0 Å². The van der Waals surface area contributed by atoms with Gasteiger partial charge in [0.1, 0.15) is 11.2 Å². The van der Waals surface area contributed by atoms with Gasteiger partial charge < -0.3 is 13.6 Å². The second-order valence-corrected chi connectivity index (χ2v) is 15.9. The second-order valence-electron chi connectivity index (χ2n) is 15.9. The Labute approximate surface area is 360 Å². The first-order valence-electron chi connectivity index (χ1n) is 21.0. The van der Waals surface area contributed by atoms with E-state index in [4.69, 9.17) is 19.4 Å². The first kappa shape index (κ1) is 35.1. The quantitative estimate of drug-likeness (QED) is 0.167. The zero-order valence-electron chi connectivity index (χ0n) is 33.7. The number of hydrogen-bond donors (Lipinski definition) is 0. The molecule has 0 atom stereocenters. The van der Waals surface area contributed by atoms with Crippen LogP contribution in [0.2, 0.25) is 0 Å². The van der Waals surface area contributed by atoms with E-state index >= 15 is 0 Å². The lowest BCUT2D eigenvalue weighted by atomic mass is 10.1. The highest BCUT2D eigenvalue weighted by Gasteiger charge is 2.19. The normalized spacial score (nSPS) is 11.8. The largest absolute Gasteiger partial charge is 0.456 e. The van der Waals surface area contributed by atoms with Crippen LogP contribution >= 0.6 is 0 Å².